The first-order chi connectivity index (χ1) is 11.1. The molecule has 0 bridgehead atoms. The summed E-state index contributed by atoms with van der Waals surface area (Å²) in [5.41, 5.74) is 1.16. The smallest absolute Gasteiger partial charge is 0.223 e. The molecule has 1 fully saturated rings. The highest BCUT2D eigenvalue weighted by molar-refractivity contribution is 5.77. The van der Waals surface area contributed by atoms with Crippen LogP contribution in [0.15, 0.2) is 41.1 Å². The van der Waals surface area contributed by atoms with Gasteiger partial charge in [0, 0.05) is 25.4 Å². The Morgan fingerprint density at radius 2 is 2.09 bits per heavy atom. The van der Waals surface area contributed by atoms with Gasteiger partial charge in [0.25, 0.3) is 0 Å². The Labute approximate surface area is 137 Å². The molecule has 2 atom stereocenters. The van der Waals surface area contributed by atoms with Gasteiger partial charge in [-0.1, -0.05) is 6.92 Å². The predicted molar refractivity (Wildman–Crippen MR) is 88.9 cm³/mol. The first-order valence-electron chi connectivity index (χ1n) is 8.38. The lowest BCUT2D eigenvalue weighted by Gasteiger charge is -2.37. The Morgan fingerprint density at radius 1 is 1.30 bits per heavy atom. The van der Waals surface area contributed by atoms with E-state index in [4.69, 9.17) is 4.42 Å². The normalized spacial score (nSPS) is 21.4. The molecule has 23 heavy (non-hydrogen) atoms. The van der Waals surface area contributed by atoms with Crippen molar-refractivity contribution in [3.05, 3.63) is 53.7 Å². The van der Waals surface area contributed by atoms with Gasteiger partial charge < -0.3 is 9.32 Å². The number of carbonyl (C=O) groups excluding carboxylic acids is 1. The van der Waals surface area contributed by atoms with Gasteiger partial charge in [0.05, 0.1) is 6.04 Å². The molecule has 1 aliphatic heterocycles. The molecule has 2 aromatic heterocycles. The van der Waals surface area contributed by atoms with Gasteiger partial charge in [-0.05, 0) is 61.9 Å². The number of carbonyl (C=O) groups is 1. The highest BCUT2D eigenvalue weighted by Gasteiger charge is 2.32. The van der Waals surface area contributed by atoms with Crippen LogP contribution in [0.5, 0.6) is 0 Å². The van der Waals surface area contributed by atoms with Crippen LogP contribution >= 0.6 is 0 Å². The summed E-state index contributed by atoms with van der Waals surface area (Å²) < 4.78 is 5.81. The molecular weight excluding hydrogens is 288 g/mol. The van der Waals surface area contributed by atoms with Crippen molar-refractivity contribution in [1.29, 1.82) is 0 Å². The number of aryl methyl sites for hydroxylation is 2. The van der Waals surface area contributed by atoms with Crippen LogP contribution in [0.1, 0.15) is 49.3 Å². The summed E-state index contributed by atoms with van der Waals surface area (Å²) in [5, 5.41) is 0. The molecule has 0 aliphatic carbocycles. The second kappa shape index (κ2) is 6.99. The molecular formula is C19H24N2O2. The Kier molecular flexibility index (Phi) is 4.79. The third-order valence-corrected chi connectivity index (χ3v) is 4.65. The fourth-order valence-electron chi connectivity index (χ4n) is 3.29. The van der Waals surface area contributed by atoms with Crippen molar-refractivity contribution >= 4 is 5.91 Å². The molecule has 0 aromatic carbocycles. The minimum absolute atomic E-state index is 0.0809. The average molecular weight is 312 g/mol. The standard InChI is InChI=1S/C19H24N2O2/c1-14-9-12-21(17(13-14)18-5-3-15(2)23-18)19(22)6-4-16-7-10-20-11-8-16/h3,5,7-8,10-11,14,17H,4,6,9,12-13H2,1-2H3/t14-,17-/m0/s1. The molecule has 1 amide bonds. The van der Waals surface area contributed by atoms with E-state index in [1.54, 1.807) is 12.4 Å². The van der Waals surface area contributed by atoms with Crippen molar-refractivity contribution in [2.45, 2.75) is 45.6 Å². The molecule has 0 N–H and O–H groups in total. The molecule has 3 heterocycles. The van der Waals surface area contributed by atoms with Crippen LogP contribution in [-0.2, 0) is 11.2 Å². The predicted octanol–water partition coefficient (Wildman–Crippen LogP) is 3.92. The van der Waals surface area contributed by atoms with E-state index < -0.39 is 0 Å². The van der Waals surface area contributed by atoms with Gasteiger partial charge in [-0.25, -0.2) is 0 Å². The zero-order valence-corrected chi connectivity index (χ0v) is 13.9. The maximum atomic E-state index is 12.7. The number of hydrogen-bond donors (Lipinski definition) is 0. The van der Waals surface area contributed by atoms with Crippen molar-refractivity contribution in [2.75, 3.05) is 6.54 Å². The minimum Gasteiger partial charge on any atom is -0.464 e. The Balaban J connectivity index is 1.69. The van der Waals surface area contributed by atoms with E-state index >= 15 is 0 Å². The number of piperidine rings is 1. The van der Waals surface area contributed by atoms with Crippen LogP contribution in [0.3, 0.4) is 0 Å². The number of rotatable bonds is 4. The van der Waals surface area contributed by atoms with Crippen molar-refractivity contribution in [1.82, 2.24) is 9.88 Å². The molecule has 1 saturated heterocycles. The van der Waals surface area contributed by atoms with Gasteiger partial charge in [-0.2, -0.15) is 0 Å². The fourth-order valence-corrected chi connectivity index (χ4v) is 3.29. The van der Waals surface area contributed by atoms with E-state index in [2.05, 4.69) is 11.9 Å². The Morgan fingerprint density at radius 3 is 2.78 bits per heavy atom. The van der Waals surface area contributed by atoms with Crippen LogP contribution in [0.2, 0.25) is 0 Å². The van der Waals surface area contributed by atoms with Gasteiger partial charge >= 0.3 is 0 Å². The summed E-state index contributed by atoms with van der Waals surface area (Å²) in [6.45, 7) is 5.02. The Bertz CT molecular complexity index is 650. The zero-order chi connectivity index (χ0) is 16.2. The molecule has 1 aliphatic rings. The number of pyridine rings is 1. The van der Waals surface area contributed by atoms with E-state index in [0.717, 1.165) is 42.9 Å². The molecule has 0 unspecified atom stereocenters. The molecule has 0 radical (unpaired) electrons. The van der Waals surface area contributed by atoms with Crippen molar-refractivity contribution < 1.29 is 9.21 Å². The first kappa shape index (κ1) is 15.8. The topological polar surface area (TPSA) is 46.3 Å². The zero-order valence-electron chi connectivity index (χ0n) is 13.9. The molecule has 4 nitrogen and oxygen atoms in total. The summed E-state index contributed by atoms with van der Waals surface area (Å²) in [4.78, 5) is 18.8. The third-order valence-electron chi connectivity index (χ3n) is 4.65. The van der Waals surface area contributed by atoms with E-state index in [9.17, 15) is 4.79 Å². The minimum atomic E-state index is 0.0809. The van der Waals surface area contributed by atoms with Crippen LogP contribution in [0.4, 0.5) is 0 Å². The maximum Gasteiger partial charge on any atom is 0.223 e. The number of amides is 1. The lowest BCUT2D eigenvalue weighted by Crippen LogP contribution is -2.40. The van der Waals surface area contributed by atoms with Crippen LogP contribution < -0.4 is 0 Å². The molecule has 3 rings (SSSR count). The van der Waals surface area contributed by atoms with Gasteiger partial charge in [0.2, 0.25) is 5.91 Å². The first-order valence-corrected chi connectivity index (χ1v) is 8.38. The van der Waals surface area contributed by atoms with Crippen molar-refractivity contribution in [3.63, 3.8) is 0 Å². The van der Waals surface area contributed by atoms with Gasteiger partial charge in [-0.3, -0.25) is 9.78 Å². The van der Waals surface area contributed by atoms with Crippen LogP contribution in [-0.4, -0.2) is 22.3 Å². The highest BCUT2D eigenvalue weighted by Crippen LogP contribution is 2.35. The largest absolute Gasteiger partial charge is 0.464 e. The monoisotopic (exact) mass is 312 g/mol. The summed E-state index contributed by atoms with van der Waals surface area (Å²) in [6.07, 6.45) is 6.89. The van der Waals surface area contributed by atoms with Crippen LogP contribution in [0.25, 0.3) is 0 Å². The average Bonchev–Trinajstić information content (AvgIpc) is 3.00. The van der Waals surface area contributed by atoms with Crippen LogP contribution in [0, 0.1) is 12.8 Å². The van der Waals surface area contributed by atoms with Crippen molar-refractivity contribution in [2.24, 2.45) is 5.92 Å². The van der Waals surface area contributed by atoms with E-state index in [-0.39, 0.29) is 11.9 Å². The number of nitrogens with zero attached hydrogens (tertiary/aromatic N) is 2. The molecule has 2 aromatic rings. The highest BCUT2D eigenvalue weighted by atomic mass is 16.3. The quantitative estimate of drug-likeness (QED) is 0.859. The number of hydrogen-bond acceptors (Lipinski definition) is 3. The molecule has 4 heteroatoms. The molecule has 122 valence electrons. The van der Waals surface area contributed by atoms with E-state index in [1.165, 1.54) is 0 Å². The third kappa shape index (κ3) is 3.81. The fraction of sp³-hybridized carbons (Fsp3) is 0.474. The lowest BCUT2D eigenvalue weighted by atomic mass is 9.90. The summed E-state index contributed by atoms with van der Waals surface area (Å²) in [7, 11) is 0. The number of aromatic nitrogens is 1. The second-order valence-electron chi connectivity index (χ2n) is 6.54. The van der Waals surface area contributed by atoms with Gasteiger partial charge in [-0.15, -0.1) is 0 Å². The van der Waals surface area contributed by atoms with E-state index in [1.807, 2.05) is 36.1 Å². The molecule has 0 spiro atoms. The molecule has 0 saturated carbocycles. The van der Waals surface area contributed by atoms with E-state index in [0.29, 0.717) is 12.3 Å². The summed E-state index contributed by atoms with van der Waals surface area (Å²) in [6, 6.07) is 8.02. The second-order valence-corrected chi connectivity index (χ2v) is 6.54. The number of likely N-dealkylation sites (tertiary alicyclic amines) is 1. The maximum absolute atomic E-state index is 12.7. The van der Waals surface area contributed by atoms with Gasteiger partial charge in [0.15, 0.2) is 0 Å². The number of furan rings is 1. The SMILES string of the molecule is Cc1ccc([C@@H]2C[C@@H](C)CCN2C(=O)CCc2ccncc2)o1. The Hall–Kier alpha value is -2.10. The summed E-state index contributed by atoms with van der Waals surface area (Å²) in [5.74, 6) is 2.66. The summed E-state index contributed by atoms with van der Waals surface area (Å²) >= 11 is 0. The van der Waals surface area contributed by atoms with Crippen molar-refractivity contribution in [3.8, 4) is 0 Å². The lowest BCUT2D eigenvalue weighted by molar-refractivity contribution is -0.136. The van der Waals surface area contributed by atoms with Gasteiger partial charge in [0.1, 0.15) is 11.5 Å².